The fourth-order valence-corrected chi connectivity index (χ4v) is 4.29. The zero-order valence-electron chi connectivity index (χ0n) is 19.8. The monoisotopic (exact) mass is 490 g/mol. The molecule has 3 aromatic rings. The van der Waals surface area contributed by atoms with Crippen molar-refractivity contribution in [3.63, 3.8) is 0 Å². The Kier molecular flexibility index (Phi) is 7.89. The van der Waals surface area contributed by atoms with Gasteiger partial charge in [-0.25, -0.2) is 19.2 Å². The molecule has 8 heteroatoms. The SMILES string of the molecule is CC(Cc1cccc(CC(C)c2ccc(C(=O)O)c(C(=O)O)c2)c1)c1ccc(C(=O)O)c(C(=O)O)c1. The van der Waals surface area contributed by atoms with E-state index in [1.807, 2.05) is 38.1 Å². The predicted molar refractivity (Wildman–Crippen MR) is 131 cm³/mol. The van der Waals surface area contributed by atoms with Gasteiger partial charge in [0, 0.05) is 0 Å². The Bertz CT molecular complexity index is 1240. The third kappa shape index (κ3) is 5.96. The molecule has 0 aliphatic heterocycles. The zero-order chi connectivity index (χ0) is 26.6. The van der Waals surface area contributed by atoms with E-state index in [0.717, 1.165) is 22.3 Å². The summed E-state index contributed by atoms with van der Waals surface area (Å²) in [6, 6.07) is 16.6. The number of aromatic carboxylic acids is 4. The molecule has 3 rings (SSSR count). The molecule has 0 saturated carbocycles. The van der Waals surface area contributed by atoms with Crippen LogP contribution in [0.1, 0.15) is 89.4 Å². The van der Waals surface area contributed by atoms with Crippen LogP contribution in [0.25, 0.3) is 0 Å². The van der Waals surface area contributed by atoms with E-state index in [9.17, 15) is 39.6 Å². The Labute approximate surface area is 207 Å². The highest BCUT2D eigenvalue weighted by atomic mass is 16.4. The molecule has 0 heterocycles. The lowest BCUT2D eigenvalue weighted by molar-refractivity contribution is 0.0651. The zero-order valence-corrected chi connectivity index (χ0v) is 19.8. The number of benzene rings is 3. The highest BCUT2D eigenvalue weighted by Gasteiger charge is 2.20. The average molecular weight is 491 g/mol. The fourth-order valence-electron chi connectivity index (χ4n) is 4.29. The Morgan fingerprint density at radius 3 is 1.25 bits per heavy atom. The quantitative estimate of drug-likeness (QED) is 0.304. The molecule has 0 amide bonds. The molecule has 0 bridgehead atoms. The third-order valence-electron chi connectivity index (χ3n) is 6.22. The second kappa shape index (κ2) is 10.9. The lowest BCUT2D eigenvalue weighted by atomic mass is 9.88. The van der Waals surface area contributed by atoms with Gasteiger partial charge in [0.25, 0.3) is 0 Å². The molecule has 0 aromatic heterocycles. The number of rotatable bonds is 10. The Balaban J connectivity index is 1.78. The van der Waals surface area contributed by atoms with Gasteiger partial charge < -0.3 is 20.4 Å². The van der Waals surface area contributed by atoms with E-state index >= 15 is 0 Å². The molecule has 36 heavy (non-hydrogen) atoms. The maximum Gasteiger partial charge on any atom is 0.336 e. The molecule has 4 N–H and O–H groups in total. The molecule has 186 valence electrons. The maximum atomic E-state index is 11.5. The van der Waals surface area contributed by atoms with E-state index in [-0.39, 0.29) is 34.1 Å². The van der Waals surface area contributed by atoms with Crippen LogP contribution >= 0.6 is 0 Å². The highest BCUT2D eigenvalue weighted by Crippen LogP contribution is 2.27. The second-order valence-corrected chi connectivity index (χ2v) is 8.86. The molecule has 0 aliphatic carbocycles. The summed E-state index contributed by atoms with van der Waals surface area (Å²) in [7, 11) is 0. The molecule has 0 aliphatic rings. The van der Waals surface area contributed by atoms with Crippen LogP contribution in [0.5, 0.6) is 0 Å². The van der Waals surface area contributed by atoms with E-state index in [4.69, 9.17) is 0 Å². The second-order valence-electron chi connectivity index (χ2n) is 8.86. The first-order valence-corrected chi connectivity index (χ1v) is 11.3. The molecule has 0 fully saturated rings. The van der Waals surface area contributed by atoms with Crippen molar-refractivity contribution in [2.45, 2.75) is 38.5 Å². The van der Waals surface area contributed by atoms with E-state index in [1.165, 1.54) is 24.3 Å². The summed E-state index contributed by atoms with van der Waals surface area (Å²) in [4.78, 5) is 45.6. The summed E-state index contributed by atoms with van der Waals surface area (Å²) >= 11 is 0. The van der Waals surface area contributed by atoms with Gasteiger partial charge in [0.15, 0.2) is 0 Å². The first-order valence-electron chi connectivity index (χ1n) is 11.3. The van der Waals surface area contributed by atoms with Gasteiger partial charge >= 0.3 is 23.9 Å². The van der Waals surface area contributed by atoms with Gasteiger partial charge in [-0.05, 0) is 71.2 Å². The van der Waals surface area contributed by atoms with Crippen LogP contribution in [0.2, 0.25) is 0 Å². The van der Waals surface area contributed by atoms with Gasteiger partial charge in [-0.2, -0.15) is 0 Å². The Hall–Kier alpha value is -4.46. The molecule has 2 unspecified atom stereocenters. The molecule has 0 saturated heterocycles. The van der Waals surface area contributed by atoms with Crippen molar-refractivity contribution in [3.8, 4) is 0 Å². The first kappa shape index (κ1) is 26.2. The van der Waals surface area contributed by atoms with Crippen molar-refractivity contribution >= 4 is 23.9 Å². The summed E-state index contributed by atoms with van der Waals surface area (Å²) in [6.45, 7) is 3.88. The summed E-state index contributed by atoms with van der Waals surface area (Å²) in [5, 5.41) is 37.2. The van der Waals surface area contributed by atoms with E-state index < -0.39 is 23.9 Å². The normalized spacial score (nSPS) is 12.5. The molecule has 3 aromatic carbocycles. The molecular formula is C28H26O8. The van der Waals surface area contributed by atoms with Crippen LogP contribution < -0.4 is 0 Å². The third-order valence-corrected chi connectivity index (χ3v) is 6.22. The summed E-state index contributed by atoms with van der Waals surface area (Å²) in [5.74, 6) is -5.30. The summed E-state index contributed by atoms with van der Waals surface area (Å²) in [5.41, 5.74) is 2.46. The van der Waals surface area contributed by atoms with Crippen LogP contribution in [0.15, 0.2) is 60.7 Å². The smallest absolute Gasteiger partial charge is 0.336 e. The van der Waals surface area contributed by atoms with Crippen molar-refractivity contribution in [1.29, 1.82) is 0 Å². The van der Waals surface area contributed by atoms with Crippen LogP contribution in [0.4, 0.5) is 0 Å². The number of carbonyl (C=O) groups is 4. The Morgan fingerprint density at radius 1 is 0.556 bits per heavy atom. The average Bonchev–Trinajstić information content (AvgIpc) is 2.83. The highest BCUT2D eigenvalue weighted by molar-refractivity contribution is 6.02. The predicted octanol–water partition coefficient (Wildman–Crippen LogP) is 5.17. The van der Waals surface area contributed by atoms with Gasteiger partial charge in [0.1, 0.15) is 0 Å². The van der Waals surface area contributed by atoms with Crippen molar-refractivity contribution in [2.75, 3.05) is 0 Å². The van der Waals surface area contributed by atoms with Gasteiger partial charge in [-0.1, -0.05) is 50.2 Å². The van der Waals surface area contributed by atoms with Gasteiger partial charge in [0.2, 0.25) is 0 Å². The summed E-state index contributed by atoms with van der Waals surface area (Å²) in [6.07, 6.45) is 1.20. The topological polar surface area (TPSA) is 149 Å². The van der Waals surface area contributed by atoms with Crippen LogP contribution in [-0.4, -0.2) is 44.3 Å². The molecule has 2 atom stereocenters. The lowest BCUT2D eigenvalue weighted by Crippen LogP contribution is -2.10. The lowest BCUT2D eigenvalue weighted by Gasteiger charge is -2.16. The van der Waals surface area contributed by atoms with Gasteiger partial charge in [-0.3, -0.25) is 0 Å². The minimum atomic E-state index is -1.29. The van der Waals surface area contributed by atoms with Crippen molar-refractivity contribution in [3.05, 3.63) is 105 Å². The Morgan fingerprint density at radius 2 is 0.917 bits per heavy atom. The maximum absolute atomic E-state index is 11.5. The van der Waals surface area contributed by atoms with Gasteiger partial charge in [0.05, 0.1) is 22.3 Å². The number of carboxylic acid groups (broad SMARTS) is 4. The van der Waals surface area contributed by atoms with Crippen LogP contribution in [0, 0.1) is 0 Å². The molecule has 0 radical (unpaired) electrons. The molecule has 0 spiro atoms. The number of carboxylic acids is 4. The minimum absolute atomic E-state index is 0.0692. The standard InChI is InChI=1S/C28H26O8/c1-15(19-6-8-21(25(29)30)23(13-19)27(33)34)10-17-4-3-5-18(12-17)11-16(2)20-7-9-22(26(31)32)24(14-20)28(35)36/h3-9,12-16H,10-11H2,1-2H3,(H,29,30)(H,31,32)(H,33,34)(H,35,36). The largest absolute Gasteiger partial charge is 0.478 e. The molecular weight excluding hydrogens is 464 g/mol. The van der Waals surface area contributed by atoms with Gasteiger partial charge in [-0.15, -0.1) is 0 Å². The van der Waals surface area contributed by atoms with E-state index in [0.29, 0.717) is 12.8 Å². The van der Waals surface area contributed by atoms with E-state index in [2.05, 4.69) is 0 Å². The number of hydrogen-bond acceptors (Lipinski definition) is 4. The van der Waals surface area contributed by atoms with Crippen molar-refractivity contribution < 1.29 is 39.6 Å². The fraction of sp³-hybridized carbons (Fsp3) is 0.214. The van der Waals surface area contributed by atoms with Crippen molar-refractivity contribution in [2.24, 2.45) is 0 Å². The van der Waals surface area contributed by atoms with Crippen LogP contribution in [0.3, 0.4) is 0 Å². The van der Waals surface area contributed by atoms with E-state index in [1.54, 1.807) is 12.1 Å². The van der Waals surface area contributed by atoms with Crippen LogP contribution in [-0.2, 0) is 12.8 Å². The molecule has 8 nitrogen and oxygen atoms in total. The van der Waals surface area contributed by atoms with Crippen molar-refractivity contribution in [1.82, 2.24) is 0 Å². The number of hydrogen-bond donors (Lipinski definition) is 4. The summed E-state index contributed by atoms with van der Waals surface area (Å²) < 4.78 is 0. The minimum Gasteiger partial charge on any atom is -0.478 e. The first-order chi connectivity index (χ1) is 17.0.